The van der Waals surface area contributed by atoms with Gasteiger partial charge in [0.05, 0.1) is 22.1 Å². The van der Waals surface area contributed by atoms with Crippen LogP contribution in [0.1, 0.15) is 49.9 Å². The SMILES string of the molecule is CC1(C)c2cc(-n3c4ccccc4c4ccccc43)ccc2-c2ccc3c4c(ccc1c24)C(C)(C)c1cc(-n2c4ccccc4c4ccccc42)ccc1-3. The summed E-state index contributed by atoms with van der Waals surface area (Å²) in [5.74, 6) is 0. The zero-order valence-electron chi connectivity index (χ0n) is 30.9. The van der Waals surface area contributed by atoms with Gasteiger partial charge in [0, 0.05) is 43.7 Å². The molecule has 0 amide bonds. The highest BCUT2D eigenvalue weighted by Gasteiger charge is 2.40. The van der Waals surface area contributed by atoms with Gasteiger partial charge >= 0.3 is 0 Å². The van der Waals surface area contributed by atoms with Crippen molar-refractivity contribution in [2.75, 3.05) is 0 Å². The normalized spacial score (nSPS) is 15.0. The molecule has 2 aliphatic rings. The molecule has 2 aromatic heterocycles. The highest BCUT2D eigenvalue weighted by atomic mass is 15.0. The third-order valence-corrected chi connectivity index (χ3v) is 13.1. The Morgan fingerprint density at radius 3 is 0.981 bits per heavy atom. The molecule has 0 atom stereocenters. The summed E-state index contributed by atoms with van der Waals surface area (Å²) in [6.45, 7) is 9.70. The maximum absolute atomic E-state index is 2.46. The molecule has 12 rings (SSSR count). The summed E-state index contributed by atoms with van der Waals surface area (Å²) in [7, 11) is 0. The number of aromatic nitrogens is 2. The molecule has 54 heavy (non-hydrogen) atoms. The minimum absolute atomic E-state index is 0.195. The van der Waals surface area contributed by atoms with Crippen molar-refractivity contribution in [2.24, 2.45) is 0 Å². The summed E-state index contributed by atoms with van der Waals surface area (Å²) >= 11 is 0. The molecule has 0 aliphatic heterocycles. The van der Waals surface area contributed by atoms with Crippen LogP contribution in [0.2, 0.25) is 0 Å². The lowest BCUT2D eigenvalue weighted by molar-refractivity contribution is 0.632. The Morgan fingerprint density at radius 2 is 0.630 bits per heavy atom. The van der Waals surface area contributed by atoms with Gasteiger partial charge in [0.15, 0.2) is 0 Å². The van der Waals surface area contributed by atoms with Gasteiger partial charge < -0.3 is 9.13 Å². The first kappa shape index (κ1) is 30.1. The summed E-state index contributed by atoms with van der Waals surface area (Å²) in [5.41, 5.74) is 17.9. The van der Waals surface area contributed by atoms with Crippen LogP contribution in [-0.4, -0.2) is 9.13 Å². The molecule has 0 radical (unpaired) electrons. The van der Waals surface area contributed by atoms with E-state index in [1.807, 2.05) is 0 Å². The second kappa shape index (κ2) is 10.2. The second-order valence-electron chi connectivity index (χ2n) is 16.5. The molecule has 0 N–H and O–H groups in total. The van der Waals surface area contributed by atoms with E-state index in [2.05, 4.69) is 195 Å². The van der Waals surface area contributed by atoms with Crippen LogP contribution >= 0.6 is 0 Å². The van der Waals surface area contributed by atoms with E-state index >= 15 is 0 Å². The molecule has 256 valence electrons. The maximum Gasteiger partial charge on any atom is 0.0541 e. The first-order valence-corrected chi connectivity index (χ1v) is 19.2. The number of para-hydroxylation sites is 4. The van der Waals surface area contributed by atoms with Gasteiger partial charge in [-0.1, -0.05) is 137 Å². The lowest BCUT2D eigenvalue weighted by atomic mass is 9.63. The molecule has 0 saturated heterocycles. The fourth-order valence-electron chi connectivity index (χ4n) is 10.5. The largest absolute Gasteiger partial charge is 0.309 e. The van der Waals surface area contributed by atoms with Crippen molar-refractivity contribution in [3.8, 4) is 33.6 Å². The first-order chi connectivity index (χ1) is 26.3. The number of hydrogen-bond donors (Lipinski definition) is 0. The molecule has 2 nitrogen and oxygen atoms in total. The predicted molar refractivity (Wildman–Crippen MR) is 228 cm³/mol. The summed E-state index contributed by atoms with van der Waals surface area (Å²) < 4.78 is 4.90. The predicted octanol–water partition coefficient (Wildman–Crippen LogP) is 13.6. The average molecular weight is 691 g/mol. The second-order valence-corrected chi connectivity index (χ2v) is 16.5. The first-order valence-electron chi connectivity index (χ1n) is 19.2. The topological polar surface area (TPSA) is 9.86 Å². The highest BCUT2D eigenvalue weighted by molar-refractivity contribution is 6.14. The summed E-state index contributed by atoms with van der Waals surface area (Å²) in [5, 5.41) is 7.99. The smallest absolute Gasteiger partial charge is 0.0541 e. The fourth-order valence-corrected chi connectivity index (χ4v) is 10.5. The van der Waals surface area contributed by atoms with Gasteiger partial charge in [-0.2, -0.15) is 0 Å². The molecule has 10 aromatic rings. The Hall–Kier alpha value is -6.38. The van der Waals surface area contributed by atoms with Crippen LogP contribution in [-0.2, 0) is 10.8 Å². The fraction of sp³-hybridized carbons (Fsp3) is 0.115. The maximum atomic E-state index is 2.46. The van der Waals surface area contributed by atoms with Crippen LogP contribution in [0.25, 0.3) is 88.0 Å². The Bertz CT molecular complexity index is 2950. The summed E-state index contributed by atoms with van der Waals surface area (Å²) in [6, 6.07) is 59.3. The molecule has 0 bridgehead atoms. The lowest BCUT2D eigenvalue weighted by Crippen LogP contribution is -2.28. The zero-order chi connectivity index (χ0) is 36.1. The Kier molecular flexibility index (Phi) is 5.68. The number of hydrogen-bond acceptors (Lipinski definition) is 0. The third-order valence-electron chi connectivity index (χ3n) is 13.1. The van der Waals surface area contributed by atoms with Crippen LogP contribution < -0.4 is 0 Å². The van der Waals surface area contributed by atoms with Crippen molar-refractivity contribution in [3.63, 3.8) is 0 Å². The molecular weight excluding hydrogens is 653 g/mol. The summed E-state index contributed by atoms with van der Waals surface area (Å²) in [6.07, 6.45) is 0. The number of benzene rings is 8. The van der Waals surface area contributed by atoms with Crippen molar-refractivity contribution in [3.05, 3.63) is 180 Å². The van der Waals surface area contributed by atoms with Gasteiger partial charge in [-0.25, -0.2) is 0 Å². The standard InChI is InChI=1S/C52H38N2/c1-51(2)41-27-28-42-50-40(34-24-22-32(30-44(34)52(42,3)4)54-47-19-11-7-15-37(47)38-16-8-12-20-48(38)54)26-25-39(49(41)50)33-23-21-31(29-43(33)51)53-45-17-9-5-13-35(45)36-14-6-10-18-46(36)53/h5-30H,1-4H3. The number of fused-ring (bicyclic) bond motifs is 10. The van der Waals surface area contributed by atoms with E-state index in [0.29, 0.717) is 0 Å². The monoisotopic (exact) mass is 690 g/mol. The van der Waals surface area contributed by atoms with Gasteiger partial charge in [0.25, 0.3) is 0 Å². The van der Waals surface area contributed by atoms with Crippen LogP contribution in [0.5, 0.6) is 0 Å². The van der Waals surface area contributed by atoms with E-state index in [4.69, 9.17) is 0 Å². The van der Waals surface area contributed by atoms with Crippen molar-refractivity contribution in [2.45, 2.75) is 38.5 Å². The van der Waals surface area contributed by atoms with Gasteiger partial charge in [0.2, 0.25) is 0 Å². The minimum atomic E-state index is -0.195. The summed E-state index contributed by atoms with van der Waals surface area (Å²) in [4.78, 5) is 0. The van der Waals surface area contributed by atoms with Crippen LogP contribution in [0, 0.1) is 0 Å². The number of nitrogens with zero attached hydrogens (tertiary/aromatic N) is 2. The molecule has 8 aromatic carbocycles. The Labute approximate surface area is 314 Å². The molecule has 0 spiro atoms. The minimum Gasteiger partial charge on any atom is -0.309 e. The van der Waals surface area contributed by atoms with Crippen molar-refractivity contribution in [1.29, 1.82) is 0 Å². The van der Waals surface area contributed by atoms with Gasteiger partial charge in [-0.3, -0.25) is 0 Å². The molecule has 2 heteroatoms. The average Bonchev–Trinajstić information content (AvgIpc) is 3.72. The van der Waals surface area contributed by atoms with Gasteiger partial charge in [-0.05, 0) is 104 Å². The lowest BCUT2D eigenvalue weighted by Gasteiger charge is -2.40. The van der Waals surface area contributed by atoms with Crippen LogP contribution in [0.15, 0.2) is 158 Å². The van der Waals surface area contributed by atoms with Gasteiger partial charge in [0.1, 0.15) is 0 Å². The molecule has 2 heterocycles. The van der Waals surface area contributed by atoms with E-state index in [0.717, 1.165) is 0 Å². The van der Waals surface area contributed by atoms with E-state index in [9.17, 15) is 0 Å². The van der Waals surface area contributed by atoms with E-state index in [-0.39, 0.29) is 10.8 Å². The Morgan fingerprint density at radius 1 is 0.315 bits per heavy atom. The van der Waals surface area contributed by atoms with E-state index < -0.39 is 0 Å². The molecule has 0 saturated carbocycles. The Balaban J connectivity index is 1.07. The van der Waals surface area contributed by atoms with Gasteiger partial charge in [-0.15, -0.1) is 0 Å². The zero-order valence-corrected chi connectivity index (χ0v) is 30.9. The van der Waals surface area contributed by atoms with Crippen molar-refractivity contribution in [1.82, 2.24) is 9.13 Å². The quantitative estimate of drug-likeness (QED) is 0.171. The molecule has 0 fully saturated rings. The number of rotatable bonds is 2. The molecule has 0 unspecified atom stereocenters. The van der Waals surface area contributed by atoms with Crippen LogP contribution in [0.3, 0.4) is 0 Å². The van der Waals surface area contributed by atoms with Crippen LogP contribution in [0.4, 0.5) is 0 Å². The van der Waals surface area contributed by atoms with E-state index in [1.54, 1.807) is 0 Å². The highest BCUT2D eigenvalue weighted by Crippen LogP contribution is 2.56. The van der Waals surface area contributed by atoms with E-state index in [1.165, 1.54) is 110 Å². The van der Waals surface area contributed by atoms with Crippen molar-refractivity contribution < 1.29 is 0 Å². The van der Waals surface area contributed by atoms with Crippen molar-refractivity contribution >= 4 is 54.4 Å². The third kappa shape index (κ3) is 3.66. The molecular formula is C52H38N2. The molecule has 2 aliphatic carbocycles.